The molecule has 0 unspecified atom stereocenters. The quantitative estimate of drug-likeness (QED) is 0.514. The highest BCUT2D eigenvalue weighted by Gasteiger charge is 2.24. The Balaban J connectivity index is 1.53. The summed E-state index contributed by atoms with van der Waals surface area (Å²) >= 11 is 0. The second kappa shape index (κ2) is 10.2. The van der Waals surface area contributed by atoms with E-state index in [1.807, 2.05) is 0 Å². The van der Waals surface area contributed by atoms with Gasteiger partial charge in [-0.2, -0.15) is 0 Å². The maximum Gasteiger partial charge on any atom is 0.337 e. The van der Waals surface area contributed by atoms with Crippen molar-refractivity contribution in [2.24, 2.45) is 0 Å². The van der Waals surface area contributed by atoms with Crippen LogP contribution < -0.4 is 15.4 Å². The van der Waals surface area contributed by atoms with E-state index in [-0.39, 0.29) is 23.8 Å². The lowest BCUT2D eigenvalue weighted by Crippen LogP contribution is -2.24. The minimum absolute atomic E-state index is 0.108. The average Bonchev–Trinajstić information content (AvgIpc) is 3.31. The molecular weight excluding hydrogens is 438 g/mol. The fourth-order valence-electron chi connectivity index (χ4n) is 3.96. The summed E-state index contributed by atoms with van der Waals surface area (Å²) < 4.78 is 15.4. The number of para-hydroxylation sites is 1. The van der Waals surface area contributed by atoms with Crippen LogP contribution in [0.2, 0.25) is 0 Å². The van der Waals surface area contributed by atoms with E-state index in [1.54, 1.807) is 36.4 Å². The molecule has 2 N–H and O–H groups in total. The number of carbonyl (C=O) groups excluding carboxylic acids is 3. The van der Waals surface area contributed by atoms with E-state index < -0.39 is 11.9 Å². The van der Waals surface area contributed by atoms with Crippen LogP contribution in [0, 0.1) is 0 Å². The van der Waals surface area contributed by atoms with Crippen molar-refractivity contribution in [2.45, 2.75) is 32.2 Å². The van der Waals surface area contributed by atoms with Gasteiger partial charge in [0.1, 0.15) is 5.75 Å². The van der Waals surface area contributed by atoms with E-state index >= 15 is 0 Å². The van der Waals surface area contributed by atoms with Crippen molar-refractivity contribution in [3.05, 3.63) is 76.2 Å². The second-order valence-electron chi connectivity index (χ2n) is 7.89. The van der Waals surface area contributed by atoms with Gasteiger partial charge in [-0.05, 0) is 61.6 Å². The normalized spacial score (nSPS) is 12.4. The fourth-order valence-corrected chi connectivity index (χ4v) is 3.96. The summed E-state index contributed by atoms with van der Waals surface area (Å²) in [5.41, 5.74) is 3.25. The number of nitrogens with zero attached hydrogens (tertiary/aromatic N) is 1. The fraction of sp³-hybridized carbons (Fsp3) is 0.280. The smallest absolute Gasteiger partial charge is 0.337 e. The minimum Gasteiger partial charge on any atom is -0.496 e. The summed E-state index contributed by atoms with van der Waals surface area (Å²) in [5.74, 6) is -0.692. The molecule has 9 heteroatoms. The van der Waals surface area contributed by atoms with Crippen molar-refractivity contribution in [1.29, 1.82) is 0 Å². The number of benzene rings is 2. The summed E-state index contributed by atoms with van der Waals surface area (Å²) in [6.45, 7) is 0.108. The van der Waals surface area contributed by atoms with Crippen LogP contribution in [0.1, 0.15) is 60.9 Å². The Morgan fingerprint density at radius 1 is 1.03 bits per heavy atom. The van der Waals surface area contributed by atoms with E-state index in [1.165, 1.54) is 20.3 Å². The molecule has 0 bridgehead atoms. The molecule has 9 nitrogen and oxygen atoms in total. The number of aryl methyl sites for hydroxylation is 1. The molecule has 1 aliphatic rings. The van der Waals surface area contributed by atoms with E-state index in [0.717, 1.165) is 36.9 Å². The Labute approximate surface area is 196 Å². The molecule has 0 fully saturated rings. The summed E-state index contributed by atoms with van der Waals surface area (Å²) in [7, 11) is 2.76. The van der Waals surface area contributed by atoms with Crippen molar-refractivity contribution in [1.82, 2.24) is 10.5 Å². The van der Waals surface area contributed by atoms with Gasteiger partial charge in [0.05, 0.1) is 31.0 Å². The molecule has 0 spiro atoms. The molecule has 2 amide bonds. The molecule has 0 saturated heterocycles. The van der Waals surface area contributed by atoms with Crippen LogP contribution in [-0.2, 0) is 24.1 Å². The monoisotopic (exact) mass is 463 g/mol. The minimum atomic E-state index is -0.565. The maximum atomic E-state index is 12.8. The zero-order valence-corrected chi connectivity index (χ0v) is 19.0. The summed E-state index contributed by atoms with van der Waals surface area (Å²) in [6, 6.07) is 11.6. The first kappa shape index (κ1) is 23.0. The first-order chi connectivity index (χ1) is 16.5. The molecule has 0 aliphatic heterocycles. The van der Waals surface area contributed by atoms with Crippen LogP contribution >= 0.6 is 0 Å². The van der Waals surface area contributed by atoms with Gasteiger partial charge < -0.3 is 24.6 Å². The second-order valence-corrected chi connectivity index (χ2v) is 7.89. The largest absolute Gasteiger partial charge is 0.496 e. The predicted molar refractivity (Wildman–Crippen MR) is 123 cm³/mol. The number of fused-ring (bicyclic) bond motifs is 1. The van der Waals surface area contributed by atoms with Crippen LogP contribution in [0.4, 0.5) is 5.69 Å². The topological polar surface area (TPSA) is 120 Å². The van der Waals surface area contributed by atoms with Gasteiger partial charge >= 0.3 is 5.97 Å². The lowest BCUT2D eigenvalue weighted by Gasteiger charge is -2.13. The third-order valence-corrected chi connectivity index (χ3v) is 5.64. The molecule has 1 aliphatic carbocycles. The zero-order valence-electron chi connectivity index (χ0n) is 19.0. The van der Waals surface area contributed by atoms with Crippen LogP contribution in [-0.4, -0.2) is 37.2 Å². The van der Waals surface area contributed by atoms with Gasteiger partial charge in [0, 0.05) is 17.8 Å². The number of ether oxygens (including phenoxy) is 2. The van der Waals surface area contributed by atoms with Crippen LogP contribution in [0.3, 0.4) is 0 Å². The van der Waals surface area contributed by atoms with E-state index in [4.69, 9.17) is 14.0 Å². The van der Waals surface area contributed by atoms with Crippen molar-refractivity contribution < 1.29 is 28.4 Å². The molecule has 0 atom stereocenters. The number of amides is 2. The molecular formula is C25H25N3O6. The highest BCUT2D eigenvalue weighted by molar-refractivity contribution is 6.06. The SMILES string of the molecule is COC(=O)c1cc(CNC(=O)c2onc3c2CCCC3)cc(NC(=O)c2ccccc2OC)c1. The third-order valence-electron chi connectivity index (χ3n) is 5.64. The summed E-state index contributed by atoms with van der Waals surface area (Å²) in [5, 5.41) is 9.61. The highest BCUT2D eigenvalue weighted by atomic mass is 16.5. The van der Waals surface area contributed by atoms with Gasteiger partial charge in [-0.25, -0.2) is 4.79 Å². The van der Waals surface area contributed by atoms with Gasteiger partial charge in [0.2, 0.25) is 5.76 Å². The Morgan fingerprint density at radius 3 is 2.62 bits per heavy atom. The Hall–Kier alpha value is -4.14. The number of esters is 1. The number of hydrogen-bond acceptors (Lipinski definition) is 7. The van der Waals surface area contributed by atoms with Crippen molar-refractivity contribution in [2.75, 3.05) is 19.5 Å². The molecule has 2 aromatic carbocycles. The first-order valence-corrected chi connectivity index (χ1v) is 10.9. The lowest BCUT2D eigenvalue weighted by molar-refractivity contribution is 0.0600. The highest BCUT2D eigenvalue weighted by Crippen LogP contribution is 2.24. The number of nitrogens with one attached hydrogen (secondary N) is 2. The third kappa shape index (κ3) is 4.93. The number of anilines is 1. The average molecular weight is 463 g/mol. The van der Waals surface area contributed by atoms with Gasteiger partial charge in [0.25, 0.3) is 11.8 Å². The molecule has 176 valence electrons. The Kier molecular flexibility index (Phi) is 6.91. The van der Waals surface area contributed by atoms with Gasteiger partial charge in [-0.1, -0.05) is 17.3 Å². The van der Waals surface area contributed by atoms with Crippen LogP contribution in [0.5, 0.6) is 5.75 Å². The predicted octanol–water partition coefficient (Wildman–Crippen LogP) is 3.53. The maximum absolute atomic E-state index is 12.8. The lowest BCUT2D eigenvalue weighted by atomic mass is 9.96. The molecule has 0 saturated carbocycles. The van der Waals surface area contributed by atoms with Gasteiger partial charge in [-0.15, -0.1) is 0 Å². The number of methoxy groups -OCH3 is 2. The molecule has 3 aromatic rings. The van der Waals surface area contributed by atoms with Crippen molar-refractivity contribution >= 4 is 23.5 Å². The Bertz CT molecular complexity index is 1230. The van der Waals surface area contributed by atoms with Gasteiger partial charge in [-0.3, -0.25) is 9.59 Å². The molecule has 4 rings (SSSR count). The summed E-state index contributed by atoms with van der Waals surface area (Å²) in [4.78, 5) is 37.7. The van der Waals surface area contributed by atoms with Crippen LogP contribution in [0.15, 0.2) is 47.0 Å². The number of aromatic nitrogens is 1. The van der Waals surface area contributed by atoms with Crippen LogP contribution in [0.25, 0.3) is 0 Å². The van der Waals surface area contributed by atoms with Crippen molar-refractivity contribution in [3.8, 4) is 5.75 Å². The summed E-state index contributed by atoms with van der Waals surface area (Å²) in [6.07, 6.45) is 3.59. The van der Waals surface area contributed by atoms with E-state index in [9.17, 15) is 14.4 Å². The number of carbonyl (C=O) groups is 3. The first-order valence-electron chi connectivity index (χ1n) is 10.9. The molecule has 1 aromatic heterocycles. The molecule has 0 radical (unpaired) electrons. The van der Waals surface area contributed by atoms with E-state index in [0.29, 0.717) is 22.6 Å². The molecule has 1 heterocycles. The van der Waals surface area contributed by atoms with E-state index in [2.05, 4.69) is 15.8 Å². The number of hydrogen-bond donors (Lipinski definition) is 2. The number of rotatable bonds is 7. The molecule has 34 heavy (non-hydrogen) atoms. The van der Waals surface area contributed by atoms with Gasteiger partial charge in [0.15, 0.2) is 0 Å². The standard InChI is InChI=1S/C25H25N3O6/c1-32-21-10-6-4-8-19(21)23(29)27-17-12-15(11-16(13-17)25(31)33-2)14-26-24(30)22-18-7-3-5-9-20(18)28-34-22/h4,6,8,10-13H,3,5,7,9,14H2,1-2H3,(H,26,30)(H,27,29). The van der Waals surface area contributed by atoms with Crippen molar-refractivity contribution in [3.63, 3.8) is 0 Å². The Morgan fingerprint density at radius 2 is 1.82 bits per heavy atom. The zero-order chi connectivity index (χ0) is 24.1.